The zero-order valence-electron chi connectivity index (χ0n) is 11.4. The van der Waals surface area contributed by atoms with Crippen molar-refractivity contribution in [3.8, 4) is 0 Å². The van der Waals surface area contributed by atoms with E-state index in [9.17, 15) is 14.4 Å². The summed E-state index contributed by atoms with van der Waals surface area (Å²) < 4.78 is 4.86. The lowest BCUT2D eigenvalue weighted by Crippen LogP contribution is -2.31. The lowest BCUT2D eigenvalue weighted by molar-refractivity contribution is -0.121. The number of aromatic nitrogens is 1. The number of H-pyrrole nitrogens is 1. The zero-order valence-corrected chi connectivity index (χ0v) is 11.4. The summed E-state index contributed by atoms with van der Waals surface area (Å²) in [7, 11) is 1.58. The Morgan fingerprint density at radius 2 is 1.86 bits per heavy atom. The fourth-order valence-corrected chi connectivity index (χ4v) is 1.68. The smallest absolute Gasteiger partial charge is 0.344 e. The minimum atomic E-state index is -0.827. The molecule has 21 heavy (non-hydrogen) atoms. The van der Waals surface area contributed by atoms with E-state index in [0.717, 1.165) is 0 Å². The second kappa shape index (κ2) is 6.51. The quantitative estimate of drug-likeness (QED) is 0.856. The highest BCUT2D eigenvalue weighted by molar-refractivity contribution is 5.96. The normalized spacial score (nSPS) is 9.95. The van der Waals surface area contributed by atoms with E-state index in [1.165, 1.54) is 23.2 Å². The minimum Gasteiger partial charge on any atom is -0.452 e. The van der Waals surface area contributed by atoms with Crippen molar-refractivity contribution in [3.63, 3.8) is 0 Å². The summed E-state index contributed by atoms with van der Waals surface area (Å²) >= 11 is 0. The minimum absolute atomic E-state index is 0.132. The van der Waals surface area contributed by atoms with Gasteiger partial charge in [0, 0.05) is 18.9 Å². The SMILES string of the molecule is CN(C(=O)COC(=O)c1ccc[nH]c1=O)c1ccccc1. The first-order chi connectivity index (χ1) is 10.1. The molecule has 108 valence electrons. The van der Waals surface area contributed by atoms with Crippen molar-refractivity contribution in [1.29, 1.82) is 0 Å². The molecule has 0 aliphatic carbocycles. The van der Waals surface area contributed by atoms with Crippen LogP contribution < -0.4 is 10.5 Å². The fourth-order valence-electron chi connectivity index (χ4n) is 1.68. The van der Waals surface area contributed by atoms with Crippen LogP contribution in [0.25, 0.3) is 0 Å². The van der Waals surface area contributed by atoms with E-state index in [1.54, 1.807) is 31.3 Å². The van der Waals surface area contributed by atoms with Crippen LogP contribution >= 0.6 is 0 Å². The number of carbonyl (C=O) groups is 2. The molecule has 0 spiro atoms. The van der Waals surface area contributed by atoms with Crippen LogP contribution in [0.1, 0.15) is 10.4 Å². The van der Waals surface area contributed by atoms with Gasteiger partial charge in [-0.15, -0.1) is 0 Å². The molecular weight excluding hydrogens is 272 g/mol. The highest BCUT2D eigenvalue weighted by Gasteiger charge is 2.16. The van der Waals surface area contributed by atoms with Crippen molar-refractivity contribution in [2.75, 3.05) is 18.6 Å². The maximum absolute atomic E-state index is 11.9. The van der Waals surface area contributed by atoms with E-state index in [0.29, 0.717) is 5.69 Å². The van der Waals surface area contributed by atoms with Gasteiger partial charge in [0.05, 0.1) is 0 Å². The van der Waals surface area contributed by atoms with Crippen molar-refractivity contribution in [1.82, 2.24) is 4.98 Å². The average Bonchev–Trinajstić information content (AvgIpc) is 2.52. The molecule has 0 radical (unpaired) electrons. The lowest BCUT2D eigenvalue weighted by atomic mass is 10.3. The molecule has 0 aliphatic rings. The Morgan fingerprint density at radius 1 is 1.14 bits per heavy atom. The molecule has 0 saturated carbocycles. The first kappa shape index (κ1) is 14.5. The monoisotopic (exact) mass is 286 g/mol. The third-order valence-corrected chi connectivity index (χ3v) is 2.88. The van der Waals surface area contributed by atoms with Crippen LogP contribution in [-0.2, 0) is 9.53 Å². The van der Waals surface area contributed by atoms with Gasteiger partial charge in [-0.1, -0.05) is 18.2 Å². The molecule has 0 unspecified atom stereocenters. The number of hydrogen-bond donors (Lipinski definition) is 1. The summed E-state index contributed by atoms with van der Waals surface area (Å²) in [5.41, 5.74) is 0.00938. The topological polar surface area (TPSA) is 79.5 Å². The van der Waals surface area contributed by atoms with Gasteiger partial charge in [-0.05, 0) is 24.3 Å². The Bertz CT molecular complexity index is 694. The second-order valence-electron chi connectivity index (χ2n) is 4.28. The van der Waals surface area contributed by atoms with E-state index in [4.69, 9.17) is 4.74 Å². The molecule has 0 saturated heterocycles. The van der Waals surface area contributed by atoms with Gasteiger partial charge in [0.1, 0.15) is 5.56 Å². The third kappa shape index (κ3) is 3.56. The van der Waals surface area contributed by atoms with Crippen LogP contribution in [0.4, 0.5) is 5.69 Å². The van der Waals surface area contributed by atoms with E-state index in [1.807, 2.05) is 6.07 Å². The molecule has 1 aromatic heterocycles. The zero-order chi connectivity index (χ0) is 15.2. The van der Waals surface area contributed by atoms with Crippen molar-refractivity contribution in [2.45, 2.75) is 0 Å². The number of pyridine rings is 1. The van der Waals surface area contributed by atoms with E-state index >= 15 is 0 Å². The number of likely N-dealkylation sites (N-methyl/N-ethyl adjacent to an activating group) is 1. The number of aromatic amines is 1. The van der Waals surface area contributed by atoms with Gasteiger partial charge in [-0.25, -0.2) is 4.79 Å². The van der Waals surface area contributed by atoms with Crippen molar-refractivity contribution in [3.05, 3.63) is 64.6 Å². The molecule has 0 fully saturated rings. The molecule has 1 amide bonds. The Balaban J connectivity index is 1.97. The van der Waals surface area contributed by atoms with Gasteiger partial charge in [0.2, 0.25) is 0 Å². The number of rotatable bonds is 4. The summed E-state index contributed by atoms with van der Waals surface area (Å²) in [6.07, 6.45) is 1.41. The number of hydrogen-bond acceptors (Lipinski definition) is 4. The number of nitrogens with one attached hydrogen (secondary N) is 1. The number of nitrogens with zero attached hydrogens (tertiary/aromatic N) is 1. The maximum atomic E-state index is 11.9. The van der Waals surface area contributed by atoms with Crippen molar-refractivity contribution < 1.29 is 14.3 Å². The fraction of sp³-hybridized carbons (Fsp3) is 0.133. The van der Waals surface area contributed by atoms with E-state index in [-0.39, 0.29) is 11.5 Å². The number of anilines is 1. The van der Waals surface area contributed by atoms with Gasteiger partial charge in [0.15, 0.2) is 6.61 Å². The van der Waals surface area contributed by atoms with Crippen LogP contribution in [0.3, 0.4) is 0 Å². The van der Waals surface area contributed by atoms with Crippen LogP contribution in [0.2, 0.25) is 0 Å². The Kier molecular flexibility index (Phi) is 4.50. The molecular formula is C15H14N2O4. The Hall–Kier alpha value is -2.89. The molecule has 2 rings (SSSR count). The Labute approximate surface area is 121 Å². The average molecular weight is 286 g/mol. The molecule has 0 aliphatic heterocycles. The largest absolute Gasteiger partial charge is 0.452 e. The number of ether oxygens (including phenoxy) is 1. The molecule has 2 aromatic rings. The lowest BCUT2D eigenvalue weighted by Gasteiger charge is -2.16. The summed E-state index contributed by atoms with van der Waals surface area (Å²) in [4.78, 5) is 38.8. The van der Waals surface area contributed by atoms with Crippen molar-refractivity contribution in [2.24, 2.45) is 0 Å². The molecule has 0 atom stereocenters. The van der Waals surface area contributed by atoms with Gasteiger partial charge >= 0.3 is 5.97 Å². The molecule has 1 heterocycles. The van der Waals surface area contributed by atoms with Gasteiger partial charge in [-0.2, -0.15) is 0 Å². The first-order valence-corrected chi connectivity index (χ1v) is 6.26. The Morgan fingerprint density at radius 3 is 2.52 bits per heavy atom. The van der Waals surface area contributed by atoms with Gasteiger partial charge < -0.3 is 14.6 Å². The second-order valence-corrected chi connectivity index (χ2v) is 4.28. The standard InChI is InChI=1S/C15H14N2O4/c1-17(11-6-3-2-4-7-11)13(18)10-21-15(20)12-8-5-9-16-14(12)19/h2-9H,10H2,1H3,(H,16,19). The summed E-state index contributed by atoms with van der Waals surface area (Å²) in [6, 6.07) is 11.8. The molecule has 1 N–H and O–H groups in total. The number of carbonyl (C=O) groups excluding carboxylic acids is 2. The number of amides is 1. The number of esters is 1. The van der Waals surface area contributed by atoms with Crippen LogP contribution in [-0.4, -0.2) is 30.5 Å². The summed E-state index contributed by atoms with van der Waals surface area (Å²) in [5, 5.41) is 0. The predicted molar refractivity (Wildman–Crippen MR) is 77.2 cm³/mol. The van der Waals surface area contributed by atoms with Crippen molar-refractivity contribution >= 4 is 17.6 Å². The first-order valence-electron chi connectivity index (χ1n) is 6.26. The van der Waals surface area contributed by atoms with Crippen LogP contribution in [0.15, 0.2) is 53.5 Å². The third-order valence-electron chi connectivity index (χ3n) is 2.88. The maximum Gasteiger partial charge on any atom is 0.344 e. The highest BCUT2D eigenvalue weighted by Crippen LogP contribution is 2.11. The summed E-state index contributed by atoms with van der Waals surface area (Å²) in [6.45, 7) is -0.432. The molecule has 6 nitrogen and oxygen atoms in total. The predicted octanol–water partition coefficient (Wildman–Crippen LogP) is 1.19. The van der Waals surface area contributed by atoms with Gasteiger partial charge in [-0.3, -0.25) is 9.59 Å². The highest BCUT2D eigenvalue weighted by atomic mass is 16.5. The van der Waals surface area contributed by atoms with Crippen LogP contribution in [0.5, 0.6) is 0 Å². The van der Waals surface area contributed by atoms with E-state index < -0.39 is 18.1 Å². The molecule has 1 aromatic carbocycles. The number of benzene rings is 1. The molecule has 0 bridgehead atoms. The van der Waals surface area contributed by atoms with Gasteiger partial charge in [0.25, 0.3) is 11.5 Å². The summed E-state index contributed by atoms with van der Waals surface area (Å²) in [5.74, 6) is -1.21. The molecule has 6 heteroatoms. The number of para-hydroxylation sites is 1. The van der Waals surface area contributed by atoms with Crippen LogP contribution in [0, 0.1) is 0 Å². The van der Waals surface area contributed by atoms with E-state index in [2.05, 4.69) is 4.98 Å².